The fraction of sp³-hybridized carbons (Fsp3) is 0.524. The number of carbonyl (C=O) groups excluding carboxylic acids is 1. The predicted octanol–water partition coefficient (Wildman–Crippen LogP) is 3.55. The van der Waals surface area contributed by atoms with Gasteiger partial charge in [0, 0.05) is 36.3 Å². The third-order valence-electron chi connectivity index (χ3n) is 4.24. The SMILES string of the molecule is CC(C)(C)OC(=O)NCc1cnc(-c2ccc(OCCN3CCOCC3)cc2)s1. The molecular weight excluding hydrogens is 390 g/mol. The minimum atomic E-state index is -0.505. The summed E-state index contributed by atoms with van der Waals surface area (Å²) >= 11 is 1.55. The second-order valence-corrected chi connectivity index (χ2v) is 8.93. The zero-order valence-corrected chi connectivity index (χ0v) is 18.1. The van der Waals surface area contributed by atoms with Crippen molar-refractivity contribution in [3.63, 3.8) is 0 Å². The van der Waals surface area contributed by atoms with Crippen molar-refractivity contribution in [2.75, 3.05) is 39.5 Å². The molecule has 0 radical (unpaired) electrons. The molecule has 3 rings (SSSR count). The Morgan fingerprint density at radius 1 is 1.24 bits per heavy atom. The van der Waals surface area contributed by atoms with Crippen molar-refractivity contribution in [1.29, 1.82) is 0 Å². The summed E-state index contributed by atoms with van der Waals surface area (Å²) in [4.78, 5) is 19.5. The molecule has 29 heavy (non-hydrogen) atoms. The van der Waals surface area contributed by atoms with Crippen LogP contribution < -0.4 is 10.1 Å². The molecule has 1 aliphatic heterocycles. The maximum atomic E-state index is 11.8. The molecule has 0 atom stereocenters. The van der Waals surface area contributed by atoms with Gasteiger partial charge in [0.25, 0.3) is 0 Å². The van der Waals surface area contributed by atoms with Crippen molar-refractivity contribution in [1.82, 2.24) is 15.2 Å². The Morgan fingerprint density at radius 3 is 2.66 bits per heavy atom. The number of aromatic nitrogens is 1. The van der Waals surface area contributed by atoms with Crippen LogP contribution in [0.5, 0.6) is 5.75 Å². The molecule has 1 saturated heterocycles. The zero-order valence-electron chi connectivity index (χ0n) is 17.3. The number of hydrogen-bond acceptors (Lipinski definition) is 7. The van der Waals surface area contributed by atoms with Gasteiger partial charge in [0.15, 0.2) is 0 Å². The molecule has 1 fully saturated rings. The monoisotopic (exact) mass is 419 g/mol. The number of hydrogen-bond donors (Lipinski definition) is 1. The molecule has 2 heterocycles. The van der Waals surface area contributed by atoms with Gasteiger partial charge in [0.05, 0.1) is 19.8 Å². The second kappa shape index (κ2) is 10.0. The Labute approximate surface area is 176 Å². The van der Waals surface area contributed by atoms with Crippen LogP contribution in [0.25, 0.3) is 10.6 Å². The minimum absolute atomic E-state index is 0.398. The molecule has 0 saturated carbocycles. The smallest absolute Gasteiger partial charge is 0.407 e. The highest BCUT2D eigenvalue weighted by Gasteiger charge is 2.16. The van der Waals surface area contributed by atoms with E-state index in [1.165, 1.54) is 0 Å². The maximum Gasteiger partial charge on any atom is 0.407 e. The number of thiazole rings is 1. The molecule has 2 aromatic rings. The molecular formula is C21H29N3O4S. The molecule has 158 valence electrons. The summed E-state index contributed by atoms with van der Waals surface area (Å²) in [6.45, 7) is 11.0. The van der Waals surface area contributed by atoms with Crippen LogP contribution in [-0.4, -0.2) is 61.0 Å². The van der Waals surface area contributed by atoms with Crippen LogP contribution in [0.4, 0.5) is 4.79 Å². The van der Waals surface area contributed by atoms with E-state index in [9.17, 15) is 4.79 Å². The maximum absolute atomic E-state index is 11.8. The third-order valence-corrected chi connectivity index (χ3v) is 5.29. The van der Waals surface area contributed by atoms with E-state index in [0.717, 1.165) is 54.0 Å². The fourth-order valence-electron chi connectivity index (χ4n) is 2.81. The van der Waals surface area contributed by atoms with Gasteiger partial charge in [-0.25, -0.2) is 9.78 Å². The topological polar surface area (TPSA) is 72.9 Å². The van der Waals surface area contributed by atoms with Crippen LogP contribution in [0, 0.1) is 0 Å². The molecule has 0 unspecified atom stereocenters. The van der Waals surface area contributed by atoms with Gasteiger partial charge in [-0.2, -0.15) is 0 Å². The first kappa shape index (κ1) is 21.5. The molecule has 0 spiro atoms. The first-order chi connectivity index (χ1) is 13.9. The van der Waals surface area contributed by atoms with Gasteiger partial charge in [0.1, 0.15) is 23.0 Å². The van der Waals surface area contributed by atoms with Gasteiger partial charge in [0.2, 0.25) is 0 Å². The largest absolute Gasteiger partial charge is 0.492 e. The lowest BCUT2D eigenvalue weighted by atomic mass is 10.2. The number of rotatable bonds is 7. The number of carbonyl (C=O) groups is 1. The van der Waals surface area contributed by atoms with Gasteiger partial charge in [-0.15, -0.1) is 11.3 Å². The molecule has 1 aliphatic rings. The summed E-state index contributed by atoms with van der Waals surface area (Å²) in [5.41, 5.74) is 0.522. The van der Waals surface area contributed by atoms with E-state index in [1.54, 1.807) is 17.5 Å². The Balaban J connectivity index is 1.45. The molecule has 8 heteroatoms. The molecule has 1 aromatic heterocycles. The number of nitrogens with one attached hydrogen (secondary N) is 1. The number of ether oxygens (including phenoxy) is 3. The highest BCUT2D eigenvalue weighted by molar-refractivity contribution is 7.15. The lowest BCUT2D eigenvalue weighted by Gasteiger charge is -2.26. The van der Waals surface area contributed by atoms with Crippen LogP contribution >= 0.6 is 11.3 Å². The Bertz CT molecular complexity index is 780. The standard InChI is InChI=1S/C21H29N3O4S/c1-21(2,3)28-20(25)23-15-18-14-22-19(29-18)16-4-6-17(7-5-16)27-13-10-24-8-11-26-12-9-24/h4-7,14H,8-13,15H2,1-3H3,(H,23,25). The van der Waals surface area contributed by atoms with Gasteiger partial charge in [-0.1, -0.05) is 0 Å². The molecule has 0 aliphatic carbocycles. The summed E-state index contributed by atoms with van der Waals surface area (Å²) in [5, 5.41) is 3.67. The van der Waals surface area contributed by atoms with Crippen molar-refractivity contribution >= 4 is 17.4 Å². The van der Waals surface area contributed by atoms with E-state index >= 15 is 0 Å². The quantitative estimate of drug-likeness (QED) is 0.740. The normalized spacial score (nSPS) is 15.1. The first-order valence-electron chi connectivity index (χ1n) is 9.84. The third kappa shape index (κ3) is 7.30. The summed E-state index contributed by atoms with van der Waals surface area (Å²) in [6, 6.07) is 7.95. The molecule has 1 aromatic carbocycles. The number of nitrogens with zero attached hydrogens (tertiary/aromatic N) is 2. The van der Waals surface area contributed by atoms with Gasteiger partial charge in [-0.05, 0) is 45.0 Å². The van der Waals surface area contributed by atoms with Gasteiger partial charge in [-0.3, -0.25) is 4.90 Å². The lowest BCUT2D eigenvalue weighted by molar-refractivity contribution is 0.0322. The first-order valence-corrected chi connectivity index (χ1v) is 10.7. The van der Waals surface area contributed by atoms with Gasteiger partial charge < -0.3 is 19.5 Å². The van der Waals surface area contributed by atoms with Crippen LogP contribution in [0.1, 0.15) is 25.6 Å². The van der Waals surface area contributed by atoms with Crippen molar-refractivity contribution in [2.24, 2.45) is 0 Å². The van der Waals surface area contributed by atoms with E-state index in [4.69, 9.17) is 14.2 Å². The van der Waals surface area contributed by atoms with Crippen LogP contribution in [0.2, 0.25) is 0 Å². The van der Waals surface area contributed by atoms with Crippen LogP contribution in [0.3, 0.4) is 0 Å². The Hall–Kier alpha value is -2.16. The summed E-state index contributed by atoms with van der Waals surface area (Å²) < 4.78 is 16.4. The second-order valence-electron chi connectivity index (χ2n) is 7.81. The van der Waals surface area contributed by atoms with Gasteiger partial charge >= 0.3 is 6.09 Å². The zero-order chi connectivity index (χ0) is 20.7. The predicted molar refractivity (Wildman–Crippen MR) is 113 cm³/mol. The van der Waals surface area contributed by atoms with Crippen molar-refractivity contribution in [3.8, 4) is 16.3 Å². The summed E-state index contributed by atoms with van der Waals surface area (Å²) in [7, 11) is 0. The minimum Gasteiger partial charge on any atom is -0.492 e. The fourth-order valence-corrected chi connectivity index (χ4v) is 3.66. The van der Waals surface area contributed by atoms with E-state index in [-0.39, 0.29) is 0 Å². The molecule has 7 nitrogen and oxygen atoms in total. The Kier molecular flexibility index (Phi) is 7.46. The summed E-state index contributed by atoms with van der Waals surface area (Å²) in [5.74, 6) is 0.852. The Morgan fingerprint density at radius 2 is 1.97 bits per heavy atom. The average molecular weight is 420 g/mol. The number of amides is 1. The molecule has 0 bridgehead atoms. The van der Waals surface area contributed by atoms with Crippen LogP contribution in [-0.2, 0) is 16.0 Å². The van der Waals surface area contributed by atoms with E-state index in [1.807, 2.05) is 45.0 Å². The van der Waals surface area contributed by atoms with E-state index in [0.29, 0.717) is 13.2 Å². The number of morpholine rings is 1. The van der Waals surface area contributed by atoms with Crippen LogP contribution in [0.15, 0.2) is 30.5 Å². The molecule has 1 amide bonds. The number of alkyl carbamates (subject to hydrolysis) is 1. The number of benzene rings is 1. The summed E-state index contributed by atoms with van der Waals surface area (Å²) in [6.07, 6.45) is 1.36. The van der Waals surface area contributed by atoms with Crippen molar-refractivity contribution in [2.45, 2.75) is 32.9 Å². The lowest BCUT2D eigenvalue weighted by Crippen LogP contribution is -2.38. The molecule has 1 N–H and O–H groups in total. The highest BCUT2D eigenvalue weighted by atomic mass is 32.1. The van der Waals surface area contributed by atoms with Crippen molar-refractivity contribution < 1.29 is 19.0 Å². The average Bonchev–Trinajstić information content (AvgIpc) is 3.16. The van der Waals surface area contributed by atoms with E-state index in [2.05, 4.69) is 15.2 Å². The van der Waals surface area contributed by atoms with E-state index < -0.39 is 11.7 Å². The highest BCUT2D eigenvalue weighted by Crippen LogP contribution is 2.27. The van der Waals surface area contributed by atoms with Crippen molar-refractivity contribution in [3.05, 3.63) is 35.3 Å².